The van der Waals surface area contributed by atoms with Crippen LogP contribution in [0.1, 0.15) is 4.88 Å². The van der Waals surface area contributed by atoms with Crippen LogP contribution in [0, 0.1) is 6.92 Å². The van der Waals surface area contributed by atoms with E-state index >= 15 is 0 Å². The van der Waals surface area contributed by atoms with Crippen molar-refractivity contribution in [2.45, 2.75) is 6.92 Å². The van der Waals surface area contributed by atoms with Crippen LogP contribution in [-0.2, 0) is 0 Å². The average molecular weight is 467 g/mol. The molecule has 0 saturated carbocycles. The maximum atomic E-state index is 2.19. The summed E-state index contributed by atoms with van der Waals surface area (Å²) >= 11 is 5.50. The summed E-state index contributed by atoms with van der Waals surface area (Å²) in [6.07, 6.45) is 0. The second kappa shape index (κ2) is 9.66. The first-order valence-corrected chi connectivity index (χ1v) is 13.0. The highest BCUT2D eigenvalue weighted by molar-refractivity contribution is 7.26. The van der Waals surface area contributed by atoms with Crippen LogP contribution in [0.3, 0.4) is 0 Å². The maximum absolute atomic E-state index is 2.19. The Bertz CT molecular complexity index is 1380. The molecule has 7 rings (SSSR count). The van der Waals surface area contributed by atoms with E-state index in [2.05, 4.69) is 121 Å². The van der Waals surface area contributed by atoms with Gasteiger partial charge in [-0.3, -0.25) is 0 Å². The Labute approximate surface area is 200 Å². The normalized spacial score (nSPS) is 10.7. The third kappa shape index (κ3) is 4.46. The maximum Gasteiger partial charge on any atom is 0.0355 e. The van der Waals surface area contributed by atoms with Crippen LogP contribution in [0.5, 0.6) is 0 Å². The SMILES string of the molecule is Cc1cccs1.c1ccc2c(c1)sc1ccccc12.c1ccc2c(c1)sc1ccccc12. The Morgan fingerprint density at radius 2 is 0.750 bits per heavy atom. The van der Waals surface area contributed by atoms with Gasteiger partial charge in [0.1, 0.15) is 0 Å². The largest absolute Gasteiger partial charge is 0.149 e. The van der Waals surface area contributed by atoms with Crippen LogP contribution in [0.2, 0.25) is 0 Å². The first-order valence-electron chi connectivity index (χ1n) is 10.5. The monoisotopic (exact) mass is 466 g/mol. The van der Waals surface area contributed by atoms with Gasteiger partial charge in [-0.25, -0.2) is 0 Å². The van der Waals surface area contributed by atoms with Gasteiger partial charge in [0.25, 0.3) is 0 Å². The molecule has 3 heterocycles. The highest BCUT2D eigenvalue weighted by Crippen LogP contribution is 2.33. The van der Waals surface area contributed by atoms with Gasteiger partial charge in [-0.05, 0) is 42.6 Å². The molecule has 0 aliphatic carbocycles. The van der Waals surface area contributed by atoms with Crippen LogP contribution in [0.25, 0.3) is 40.3 Å². The molecule has 0 bridgehead atoms. The molecule has 0 aliphatic rings. The highest BCUT2D eigenvalue weighted by atomic mass is 32.1. The zero-order valence-corrected chi connectivity index (χ0v) is 20.1. The van der Waals surface area contributed by atoms with Gasteiger partial charge in [-0.1, -0.05) is 78.9 Å². The van der Waals surface area contributed by atoms with E-state index in [1.807, 2.05) is 22.7 Å². The third-order valence-corrected chi connectivity index (χ3v) is 8.34. The van der Waals surface area contributed by atoms with Crippen LogP contribution in [-0.4, -0.2) is 0 Å². The second-order valence-corrected chi connectivity index (χ2v) is 10.7. The van der Waals surface area contributed by atoms with Crippen LogP contribution >= 0.6 is 34.0 Å². The smallest absolute Gasteiger partial charge is 0.0355 e. The molecule has 0 radical (unpaired) electrons. The van der Waals surface area contributed by atoms with E-state index in [4.69, 9.17) is 0 Å². The minimum atomic E-state index is 1.38. The Hall–Kier alpha value is -2.98. The van der Waals surface area contributed by atoms with Crippen molar-refractivity contribution in [1.29, 1.82) is 0 Å². The van der Waals surface area contributed by atoms with Crippen molar-refractivity contribution in [3.8, 4) is 0 Å². The van der Waals surface area contributed by atoms with Crippen molar-refractivity contribution >= 4 is 74.4 Å². The second-order valence-electron chi connectivity index (χ2n) is 7.41. The molecule has 3 heteroatoms. The van der Waals surface area contributed by atoms with E-state index in [0.29, 0.717) is 0 Å². The average Bonchev–Trinajstić information content (AvgIpc) is 3.56. The molecule has 3 aromatic heterocycles. The fraction of sp³-hybridized carbons (Fsp3) is 0.0345. The quantitative estimate of drug-likeness (QED) is 0.208. The fourth-order valence-corrected chi connectivity index (χ4v) is 6.45. The van der Waals surface area contributed by atoms with Gasteiger partial charge in [-0.15, -0.1) is 34.0 Å². The first-order chi connectivity index (χ1) is 15.8. The lowest BCUT2D eigenvalue weighted by molar-refractivity contribution is 1.64. The van der Waals surface area contributed by atoms with Crippen molar-refractivity contribution in [1.82, 2.24) is 0 Å². The number of hydrogen-bond acceptors (Lipinski definition) is 3. The molecule has 0 aliphatic heterocycles. The van der Waals surface area contributed by atoms with Crippen molar-refractivity contribution in [2.75, 3.05) is 0 Å². The molecule has 0 N–H and O–H groups in total. The predicted octanol–water partition coefficient (Wildman–Crippen LogP) is 10.2. The topological polar surface area (TPSA) is 0 Å². The van der Waals surface area contributed by atoms with Gasteiger partial charge in [-0.2, -0.15) is 0 Å². The third-order valence-electron chi connectivity index (χ3n) is 5.23. The Balaban J connectivity index is 0.000000109. The zero-order valence-electron chi connectivity index (χ0n) is 17.7. The standard InChI is InChI=1S/2C12H8S.C5H6S/c2*1-3-7-11-9(5-1)10-6-2-4-8-12(10)13-11;1-5-3-2-4-6-5/h2*1-8H;2-4H,1H3. The number of thiophene rings is 3. The fourth-order valence-electron chi connectivity index (χ4n) is 3.71. The van der Waals surface area contributed by atoms with E-state index in [1.54, 1.807) is 11.3 Å². The van der Waals surface area contributed by atoms with Crippen LogP contribution < -0.4 is 0 Å². The summed E-state index contributed by atoms with van der Waals surface area (Å²) < 4.78 is 5.51. The Morgan fingerprint density at radius 3 is 1.00 bits per heavy atom. The summed E-state index contributed by atoms with van der Waals surface area (Å²) in [4.78, 5) is 1.38. The molecule has 0 fully saturated rings. The minimum Gasteiger partial charge on any atom is -0.149 e. The molecule has 0 atom stereocenters. The highest BCUT2D eigenvalue weighted by Gasteiger charge is 2.02. The molecule has 4 aromatic carbocycles. The molecule has 156 valence electrons. The molecular formula is C29H22S3. The summed E-state index contributed by atoms with van der Waals surface area (Å²) in [5, 5.41) is 7.59. The summed E-state index contributed by atoms with van der Waals surface area (Å²) in [6, 6.07) is 38.4. The van der Waals surface area contributed by atoms with Crippen molar-refractivity contribution in [3.63, 3.8) is 0 Å². The van der Waals surface area contributed by atoms with E-state index in [-0.39, 0.29) is 0 Å². The van der Waals surface area contributed by atoms with Gasteiger partial charge in [0.15, 0.2) is 0 Å². The Kier molecular flexibility index (Phi) is 6.31. The lowest BCUT2D eigenvalue weighted by Gasteiger charge is -1.88. The number of hydrogen-bond donors (Lipinski definition) is 0. The zero-order chi connectivity index (χ0) is 21.8. The summed E-state index contributed by atoms with van der Waals surface area (Å²) in [5.41, 5.74) is 0. The van der Waals surface area contributed by atoms with E-state index < -0.39 is 0 Å². The lowest BCUT2D eigenvalue weighted by atomic mass is 10.2. The first kappa shape index (κ1) is 20.9. The van der Waals surface area contributed by atoms with Gasteiger partial charge in [0, 0.05) is 45.2 Å². The van der Waals surface area contributed by atoms with E-state index in [0.717, 1.165) is 0 Å². The van der Waals surface area contributed by atoms with Crippen molar-refractivity contribution in [2.24, 2.45) is 0 Å². The van der Waals surface area contributed by atoms with E-state index in [1.165, 1.54) is 45.2 Å². The van der Waals surface area contributed by atoms with Gasteiger partial charge in [0.05, 0.1) is 0 Å². The molecule has 0 spiro atoms. The van der Waals surface area contributed by atoms with Gasteiger partial charge in [0.2, 0.25) is 0 Å². The number of aryl methyl sites for hydroxylation is 1. The molecule has 7 aromatic rings. The summed E-state index contributed by atoms with van der Waals surface area (Å²) in [6.45, 7) is 2.10. The summed E-state index contributed by atoms with van der Waals surface area (Å²) in [7, 11) is 0. The molecular weight excluding hydrogens is 445 g/mol. The molecule has 0 saturated heterocycles. The molecule has 0 nitrogen and oxygen atoms in total. The van der Waals surface area contributed by atoms with Crippen molar-refractivity contribution < 1.29 is 0 Å². The lowest BCUT2D eigenvalue weighted by Crippen LogP contribution is -1.62. The summed E-state index contributed by atoms with van der Waals surface area (Å²) in [5.74, 6) is 0. The van der Waals surface area contributed by atoms with E-state index in [9.17, 15) is 0 Å². The van der Waals surface area contributed by atoms with Gasteiger partial charge < -0.3 is 0 Å². The molecule has 32 heavy (non-hydrogen) atoms. The van der Waals surface area contributed by atoms with Crippen molar-refractivity contribution in [3.05, 3.63) is 119 Å². The van der Waals surface area contributed by atoms with Gasteiger partial charge >= 0.3 is 0 Å². The minimum absolute atomic E-state index is 1.38. The molecule has 0 unspecified atom stereocenters. The number of benzene rings is 4. The van der Waals surface area contributed by atoms with Crippen LogP contribution in [0.15, 0.2) is 115 Å². The predicted molar refractivity (Wildman–Crippen MR) is 148 cm³/mol. The van der Waals surface area contributed by atoms with Crippen LogP contribution in [0.4, 0.5) is 0 Å². The number of rotatable bonds is 0. The number of fused-ring (bicyclic) bond motifs is 6. The Morgan fingerprint density at radius 1 is 0.406 bits per heavy atom. The molecule has 0 amide bonds.